The highest BCUT2D eigenvalue weighted by molar-refractivity contribution is 7.12. The Kier molecular flexibility index (Phi) is 6.57. The first kappa shape index (κ1) is 19.2. The van der Waals surface area contributed by atoms with Crippen molar-refractivity contribution in [3.8, 4) is 0 Å². The predicted octanol–water partition coefficient (Wildman–Crippen LogP) is 4.41. The van der Waals surface area contributed by atoms with Gasteiger partial charge in [-0.25, -0.2) is 0 Å². The number of thiophene rings is 1. The van der Waals surface area contributed by atoms with Crippen LogP contribution in [0.5, 0.6) is 0 Å². The number of hydrogen-bond donors (Lipinski definition) is 1. The third-order valence-corrected chi connectivity index (χ3v) is 5.95. The Labute approximate surface area is 167 Å². The molecule has 3 rings (SSSR count). The monoisotopic (exact) mass is 410 g/mol. The van der Waals surface area contributed by atoms with E-state index < -0.39 is 6.04 Å². The zero-order valence-electron chi connectivity index (χ0n) is 14.2. The van der Waals surface area contributed by atoms with Crippen LogP contribution in [0.15, 0.2) is 35.7 Å². The largest absolute Gasteiger partial charge is 0.354 e. The van der Waals surface area contributed by atoms with Gasteiger partial charge in [-0.05, 0) is 54.8 Å². The number of likely N-dealkylation sites (tertiary alicyclic amines) is 1. The number of carbonyl (C=O) groups is 2. The van der Waals surface area contributed by atoms with Crippen LogP contribution in [0.3, 0.4) is 0 Å². The second-order valence-corrected chi connectivity index (χ2v) is 8.06. The molecular weight excluding hydrogens is 391 g/mol. The first-order valence-electron chi connectivity index (χ1n) is 8.62. The van der Waals surface area contributed by atoms with Gasteiger partial charge in [-0.2, -0.15) is 0 Å². The molecule has 1 unspecified atom stereocenters. The second-order valence-electron chi connectivity index (χ2n) is 6.26. The van der Waals surface area contributed by atoms with Crippen LogP contribution in [-0.2, 0) is 11.2 Å². The Hall–Kier alpha value is -1.56. The summed E-state index contributed by atoms with van der Waals surface area (Å²) in [6.07, 6.45) is 3.20. The maximum Gasteiger partial charge on any atom is 0.264 e. The highest BCUT2D eigenvalue weighted by atomic mass is 35.5. The van der Waals surface area contributed by atoms with Gasteiger partial charge in [0, 0.05) is 23.1 Å². The van der Waals surface area contributed by atoms with Crippen LogP contribution in [0, 0.1) is 0 Å². The fourth-order valence-electron chi connectivity index (χ4n) is 3.15. The number of benzene rings is 1. The van der Waals surface area contributed by atoms with Crippen molar-refractivity contribution in [1.82, 2.24) is 10.2 Å². The standard InChI is InChI=1S/C19H20Cl2N2O2S/c20-14-7-6-13(15(21)12-14)8-9-22-18(24)16-4-1-2-10-23(16)19(25)17-5-3-11-26-17/h3,5-7,11-12,16H,1-2,4,8-10H2,(H,22,24). The zero-order chi connectivity index (χ0) is 18.5. The van der Waals surface area contributed by atoms with E-state index in [1.54, 1.807) is 23.1 Å². The molecule has 1 aliphatic rings. The van der Waals surface area contributed by atoms with Gasteiger partial charge in [0.1, 0.15) is 6.04 Å². The molecule has 0 aliphatic carbocycles. The van der Waals surface area contributed by atoms with Crippen LogP contribution in [0.25, 0.3) is 0 Å². The molecule has 4 nitrogen and oxygen atoms in total. The second kappa shape index (κ2) is 8.89. The summed E-state index contributed by atoms with van der Waals surface area (Å²) in [5, 5.41) is 6.02. The summed E-state index contributed by atoms with van der Waals surface area (Å²) in [4.78, 5) is 27.7. The van der Waals surface area contributed by atoms with Gasteiger partial charge in [-0.15, -0.1) is 11.3 Å². The fraction of sp³-hybridized carbons (Fsp3) is 0.368. The van der Waals surface area contributed by atoms with E-state index in [9.17, 15) is 9.59 Å². The van der Waals surface area contributed by atoms with E-state index in [-0.39, 0.29) is 11.8 Å². The maximum absolute atomic E-state index is 12.7. The number of halogens is 2. The molecule has 1 N–H and O–H groups in total. The van der Waals surface area contributed by atoms with Crippen molar-refractivity contribution in [2.24, 2.45) is 0 Å². The Balaban J connectivity index is 1.59. The summed E-state index contributed by atoms with van der Waals surface area (Å²) in [6, 6.07) is 8.60. The van der Waals surface area contributed by atoms with E-state index in [1.807, 2.05) is 17.5 Å². The molecule has 0 bridgehead atoms. The van der Waals surface area contributed by atoms with Crippen molar-refractivity contribution in [3.05, 3.63) is 56.2 Å². The number of rotatable bonds is 5. The number of nitrogens with one attached hydrogen (secondary N) is 1. The molecule has 2 heterocycles. The summed E-state index contributed by atoms with van der Waals surface area (Å²) < 4.78 is 0. The van der Waals surface area contributed by atoms with Gasteiger partial charge in [0.15, 0.2) is 0 Å². The summed E-state index contributed by atoms with van der Waals surface area (Å²) in [5.74, 6) is -0.153. The molecule has 0 radical (unpaired) electrons. The maximum atomic E-state index is 12.7. The number of amides is 2. The molecular formula is C19H20Cl2N2O2S. The van der Waals surface area contributed by atoms with Crippen molar-refractivity contribution in [2.75, 3.05) is 13.1 Å². The third kappa shape index (κ3) is 4.58. The van der Waals surface area contributed by atoms with Crippen LogP contribution in [0.1, 0.15) is 34.5 Å². The van der Waals surface area contributed by atoms with Gasteiger partial charge in [0.05, 0.1) is 4.88 Å². The van der Waals surface area contributed by atoms with E-state index >= 15 is 0 Å². The van der Waals surface area contributed by atoms with Crippen LogP contribution < -0.4 is 5.32 Å². The predicted molar refractivity (Wildman–Crippen MR) is 106 cm³/mol. The van der Waals surface area contributed by atoms with E-state index in [1.165, 1.54) is 11.3 Å². The number of piperidine rings is 1. The van der Waals surface area contributed by atoms with Gasteiger partial charge in [-0.3, -0.25) is 9.59 Å². The summed E-state index contributed by atoms with van der Waals surface area (Å²) in [7, 11) is 0. The lowest BCUT2D eigenvalue weighted by atomic mass is 10.0. The van der Waals surface area contributed by atoms with Crippen LogP contribution >= 0.6 is 34.5 Å². The molecule has 1 fully saturated rings. The lowest BCUT2D eigenvalue weighted by Gasteiger charge is -2.34. The highest BCUT2D eigenvalue weighted by Crippen LogP contribution is 2.23. The van der Waals surface area contributed by atoms with Gasteiger partial charge in [0.25, 0.3) is 5.91 Å². The van der Waals surface area contributed by atoms with Gasteiger partial charge in [-0.1, -0.05) is 35.3 Å². The number of carbonyl (C=O) groups excluding carboxylic acids is 2. The Morgan fingerprint density at radius 1 is 1.23 bits per heavy atom. The molecule has 1 aliphatic heterocycles. The fourth-order valence-corrected chi connectivity index (χ4v) is 4.33. The molecule has 1 aromatic heterocycles. The van der Waals surface area contributed by atoms with Gasteiger partial charge < -0.3 is 10.2 Å². The molecule has 1 saturated heterocycles. The molecule has 2 aromatic rings. The quantitative estimate of drug-likeness (QED) is 0.793. The van der Waals surface area contributed by atoms with Crippen LogP contribution in [0.2, 0.25) is 10.0 Å². The third-order valence-electron chi connectivity index (χ3n) is 4.51. The Morgan fingerprint density at radius 3 is 2.81 bits per heavy atom. The zero-order valence-corrected chi connectivity index (χ0v) is 16.5. The first-order chi connectivity index (χ1) is 12.6. The first-order valence-corrected chi connectivity index (χ1v) is 10.3. The number of hydrogen-bond acceptors (Lipinski definition) is 3. The molecule has 138 valence electrons. The Bertz CT molecular complexity index is 780. The van der Waals surface area contributed by atoms with Crippen molar-refractivity contribution >= 4 is 46.4 Å². The van der Waals surface area contributed by atoms with E-state index in [0.29, 0.717) is 40.9 Å². The van der Waals surface area contributed by atoms with Gasteiger partial charge >= 0.3 is 0 Å². The molecule has 1 atom stereocenters. The molecule has 26 heavy (non-hydrogen) atoms. The van der Waals surface area contributed by atoms with Crippen LogP contribution in [0.4, 0.5) is 0 Å². The van der Waals surface area contributed by atoms with Crippen molar-refractivity contribution in [3.63, 3.8) is 0 Å². The SMILES string of the molecule is O=C(NCCc1ccc(Cl)cc1Cl)C1CCCCN1C(=O)c1cccs1. The van der Waals surface area contributed by atoms with Crippen molar-refractivity contribution < 1.29 is 9.59 Å². The Morgan fingerprint density at radius 2 is 2.08 bits per heavy atom. The van der Waals surface area contributed by atoms with Crippen LogP contribution in [-0.4, -0.2) is 35.8 Å². The smallest absolute Gasteiger partial charge is 0.264 e. The van der Waals surface area contributed by atoms with E-state index in [2.05, 4.69) is 5.32 Å². The number of nitrogens with zero attached hydrogens (tertiary/aromatic N) is 1. The normalized spacial score (nSPS) is 17.2. The molecule has 0 saturated carbocycles. The van der Waals surface area contributed by atoms with E-state index in [4.69, 9.17) is 23.2 Å². The molecule has 1 aromatic carbocycles. The summed E-state index contributed by atoms with van der Waals surface area (Å²) in [5.41, 5.74) is 0.937. The van der Waals surface area contributed by atoms with Crippen molar-refractivity contribution in [1.29, 1.82) is 0 Å². The average molecular weight is 411 g/mol. The van der Waals surface area contributed by atoms with E-state index in [0.717, 1.165) is 18.4 Å². The molecule has 0 spiro atoms. The topological polar surface area (TPSA) is 49.4 Å². The minimum absolute atomic E-state index is 0.0550. The minimum atomic E-state index is -0.404. The minimum Gasteiger partial charge on any atom is -0.354 e. The average Bonchev–Trinajstić information content (AvgIpc) is 3.17. The van der Waals surface area contributed by atoms with Crippen molar-refractivity contribution in [2.45, 2.75) is 31.7 Å². The molecule has 2 amide bonds. The summed E-state index contributed by atoms with van der Waals surface area (Å²) >= 11 is 13.5. The lowest BCUT2D eigenvalue weighted by Crippen LogP contribution is -2.52. The highest BCUT2D eigenvalue weighted by Gasteiger charge is 2.32. The summed E-state index contributed by atoms with van der Waals surface area (Å²) in [6.45, 7) is 1.09. The lowest BCUT2D eigenvalue weighted by molar-refractivity contribution is -0.126. The van der Waals surface area contributed by atoms with Gasteiger partial charge in [0.2, 0.25) is 5.91 Å². The molecule has 7 heteroatoms.